The van der Waals surface area contributed by atoms with Gasteiger partial charge in [-0.3, -0.25) is 4.99 Å². The van der Waals surface area contributed by atoms with E-state index in [0.29, 0.717) is 19.0 Å². The van der Waals surface area contributed by atoms with Crippen molar-refractivity contribution in [1.82, 2.24) is 10.2 Å². The minimum atomic E-state index is -0.268. The fourth-order valence-electron chi connectivity index (χ4n) is 2.90. The molecule has 0 aliphatic carbocycles. The number of halogens is 2. The van der Waals surface area contributed by atoms with E-state index in [2.05, 4.69) is 10.3 Å². The zero-order valence-corrected chi connectivity index (χ0v) is 19.8. The summed E-state index contributed by atoms with van der Waals surface area (Å²) in [5.74, 6) is 1.94. The van der Waals surface area contributed by atoms with Gasteiger partial charge in [0.2, 0.25) is 0 Å². The molecular weight excluding hydrogens is 488 g/mol. The topological polar surface area (TPSA) is 55.3 Å². The summed E-state index contributed by atoms with van der Waals surface area (Å²) in [6.45, 7) is 1.10. The highest BCUT2D eigenvalue weighted by atomic mass is 127. The monoisotopic (exact) mass is 517 g/mol. The van der Waals surface area contributed by atoms with Crippen molar-refractivity contribution >= 4 is 29.9 Å². The van der Waals surface area contributed by atoms with E-state index in [0.717, 1.165) is 22.6 Å². The summed E-state index contributed by atoms with van der Waals surface area (Å²) in [5.41, 5.74) is 1.90. The summed E-state index contributed by atoms with van der Waals surface area (Å²) < 4.78 is 29.4. The third-order valence-electron chi connectivity index (χ3n) is 4.45. The van der Waals surface area contributed by atoms with Crippen molar-refractivity contribution in [3.05, 3.63) is 59.4 Å². The Balaban J connectivity index is 0.00000420. The van der Waals surface area contributed by atoms with Crippen molar-refractivity contribution < 1.29 is 18.6 Å². The number of nitrogens with one attached hydrogen (secondary N) is 1. The fraction of sp³-hybridized carbons (Fsp3) is 0.381. The number of hydrogen-bond donors (Lipinski definition) is 1. The van der Waals surface area contributed by atoms with Crippen molar-refractivity contribution in [1.29, 1.82) is 0 Å². The van der Waals surface area contributed by atoms with E-state index in [9.17, 15) is 4.39 Å². The molecule has 8 heteroatoms. The molecule has 0 fully saturated rings. The maximum atomic E-state index is 13.1. The second-order valence-electron chi connectivity index (χ2n) is 6.24. The molecule has 0 spiro atoms. The minimum absolute atomic E-state index is 0. The minimum Gasteiger partial charge on any atom is -0.497 e. The molecule has 6 nitrogen and oxygen atoms in total. The van der Waals surface area contributed by atoms with Gasteiger partial charge in [0.25, 0.3) is 0 Å². The SMILES string of the molecule is CN=C(NCC(OC)c1ccc(F)cc1)N(C)Cc1ccc(OC)cc1OC.I. The van der Waals surface area contributed by atoms with E-state index >= 15 is 0 Å². The standard InChI is InChI=1S/C21H28FN3O3.HI/c1-23-21(24-13-20(28-5)15-6-9-17(22)10-7-15)25(2)14-16-8-11-18(26-3)12-19(16)27-4;/h6-12,20H,13-14H2,1-5H3,(H,23,24);1H. The van der Waals surface area contributed by atoms with Crippen LogP contribution in [0.5, 0.6) is 11.5 Å². The second-order valence-corrected chi connectivity index (χ2v) is 6.24. The van der Waals surface area contributed by atoms with E-state index in [1.807, 2.05) is 30.1 Å². The van der Waals surface area contributed by atoms with Crippen LogP contribution in [0.2, 0.25) is 0 Å². The Morgan fingerprint density at radius 3 is 2.34 bits per heavy atom. The first-order chi connectivity index (χ1) is 13.5. The predicted molar refractivity (Wildman–Crippen MR) is 124 cm³/mol. The molecule has 0 aliphatic heterocycles. The third kappa shape index (κ3) is 7.04. The molecule has 2 rings (SSSR count). The quantitative estimate of drug-likeness (QED) is 0.328. The number of rotatable bonds is 8. The summed E-state index contributed by atoms with van der Waals surface area (Å²) in [6, 6.07) is 12.0. The van der Waals surface area contributed by atoms with Crippen LogP contribution in [-0.2, 0) is 11.3 Å². The van der Waals surface area contributed by atoms with E-state index in [4.69, 9.17) is 14.2 Å². The van der Waals surface area contributed by atoms with Crippen LogP contribution in [0.1, 0.15) is 17.2 Å². The first-order valence-corrected chi connectivity index (χ1v) is 8.93. The predicted octanol–water partition coefficient (Wildman–Crippen LogP) is 3.86. The molecule has 29 heavy (non-hydrogen) atoms. The van der Waals surface area contributed by atoms with Crippen LogP contribution in [0.15, 0.2) is 47.5 Å². The molecule has 2 aromatic rings. The van der Waals surface area contributed by atoms with Crippen molar-refractivity contribution in [2.24, 2.45) is 4.99 Å². The molecule has 1 N–H and O–H groups in total. The lowest BCUT2D eigenvalue weighted by Gasteiger charge is -2.25. The molecule has 2 aromatic carbocycles. The molecule has 0 radical (unpaired) electrons. The van der Waals surface area contributed by atoms with Gasteiger partial charge in [-0.15, -0.1) is 24.0 Å². The van der Waals surface area contributed by atoms with Gasteiger partial charge >= 0.3 is 0 Å². The van der Waals surface area contributed by atoms with Crippen LogP contribution >= 0.6 is 24.0 Å². The zero-order chi connectivity index (χ0) is 20.5. The number of nitrogens with zero attached hydrogens (tertiary/aromatic N) is 2. The van der Waals surface area contributed by atoms with Crippen LogP contribution in [0.25, 0.3) is 0 Å². The number of ether oxygens (including phenoxy) is 3. The lowest BCUT2D eigenvalue weighted by molar-refractivity contribution is 0.106. The molecule has 0 saturated carbocycles. The average molecular weight is 517 g/mol. The van der Waals surface area contributed by atoms with E-state index in [1.54, 1.807) is 40.5 Å². The van der Waals surface area contributed by atoms with Gasteiger partial charge in [-0.05, 0) is 29.8 Å². The Morgan fingerprint density at radius 1 is 1.10 bits per heavy atom. The van der Waals surface area contributed by atoms with Gasteiger partial charge in [0.15, 0.2) is 5.96 Å². The number of methoxy groups -OCH3 is 3. The number of hydrogen-bond acceptors (Lipinski definition) is 4. The van der Waals surface area contributed by atoms with Gasteiger partial charge in [0.1, 0.15) is 17.3 Å². The summed E-state index contributed by atoms with van der Waals surface area (Å²) >= 11 is 0. The summed E-state index contributed by atoms with van der Waals surface area (Å²) in [4.78, 5) is 6.33. The fourth-order valence-corrected chi connectivity index (χ4v) is 2.90. The zero-order valence-electron chi connectivity index (χ0n) is 17.4. The molecule has 1 atom stereocenters. The molecular formula is C21H29FIN3O3. The Hall–Kier alpha value is -2.07. The Labute approximate surface area is 189 Å². The van der Waals surface area contributed by atoms with Gasteiger partial charge in [0, 0.05) is 45.9 Å². The molecule has 0 aliphatic rings. The van der Waals surface area contributed by atoms with Crippen LogP contribution < -0.4 is 14.8 Å². The molecule has 0 bridgehead atoms. The average Bonchev–Trinajstić information content (AvgIpc) is 2.72. The highest BCUT2D eigenvalue weighted by molar-refractivity contribution is 14.0. The molecule has 0 aromatic heterocycles. The normalized spacial score (nSPS) is 12.0. The summed E-state index contributed by atoms with van der Waals surface area (Å²) in [6.07, 6.45) is -0.221. The molecule has 1 unspecified atom stereocenters. The summed E-state index contributed by atoms with van der Waals surface area (Å²) in [5, 5.41) is 3.31. The number of benzene rings is 2. The second kappa shape index (κ2) is 12.5. The Kier molecular flexibility index (Phi) is 10.7. The number of guanidine groups is 1. The maximum absolute atomic E-state index is 13.1. The van der Waals surface area contributed by atoms with Gasteiger partial charge in [0.05, 0.1) is 20.3 Å². The Morgan fingerprint density at radius 2 is 1.79 bits per heavy atom. The Bertz CT molecular complexity index is 787. The van der Waals surface area contributed by atoms with Crippen molar-refractivity contribution in [2.75, 3.05) is 42.0 Å². The molecule has 0 heterocycles. The van der Waals surface area contributed by atoms with Gasteiger partial charge in [-0.1, -0.05) is 12.1 Å². The smallest absolute Gasteiger partial charge is 0.193 e. The summed E-state index contributed by atoms with van der Waals surface area (Å²) in [7, 11) is 8.56. The van der Waals surface area contributed by atoms with Gasteiger partial charge < -0.3 is 24.4 Å². The third-order valence-corrected chi connectivity index (χ3v) is 4.45. The van der Waals surface area contributed by atoms with Crippen LogP contribution in [0, 0.1) is 5.82 Å². The first-order valence-electron chi connectivity index (χ1n) is 8.93. The van der Waals surface area contributed by atoms with Crippen molar-refractivity contribution in [2.45, 2.75) is 12.6 Å². The van der Waals surface area contributed by atoms with E-state index in [-0.39, 0.29) is 35.9 Å². The van der Waals surface area contributed by atoms with Crippen LogP contribution in [0.3, 0.4) is 0 Å². The highest BCUT2D eigenvalue weighted by Gasteiger charge is 2.15. The lowest BCUT2D eigenvalue weighted by Crippen LogP contribution is -2.40. The molecule has 0 amide bonds. The lowest BCUT2D eigenvalue weighted by atomic mass is 10.1. The molecule has 160 valence electrons. The maximum Gasteiger partial charge on any atom is 0.193 e. The van der Waals surface area contributed by atoms with E-state index < -0.39 is 0 Å². The van der Waals surface area contributed by atoms with Crippen LogP contribution in [-0.4, -0.2) is 52.8 Å². The van der Waals surface area contributed by atoms with Crippen molar-refractivity contribution in [3.63, 3.8) is 0 Å². The van der Waals surface area contributed by atoms with E-state index in [1.165, 1.54) is 12.1 Å². The largest absolute Gasteiger partial charge is 0.497 e. The van der Waals surface area contributed by atoms with Crippen molar-refractivity contribution in [3.8, 4) is 11.5 Å². The van der Waals surface area contributed by atoms with Crippen LogP contribution in [0.4, 0.5) is 4.39 Å². The van der Waals surface area contributed by atoms with Gasteiger partial charge in [-0.25, -0.2) is 4.39 Å². The molecule has 0 saturated heterocycles. The first kappa shape index (κ1) is 25.0. The highest BCUT2D eigenvalue weighted by Crippen LogP contribution is 2.25. The van der Waals surface area contributed by atoms with Gasteiger partial charge in [-0.2, -0.15) is 0 Å². The number of aliphatic imine (C=N–C) groups is 1.